The number of hydrazone groups is 1. The van der Waals surface area contributed by atoms with E-state index in [1.54, 1.807) is 37.3 Å². The van der Waals surface area contributed by atoms with Crippen LogP contribution in [0.4, 0.5) is 0 Å². The van der Waals surface area contributed by atoms with Crippen LogP contribution in [0.1, 0.15) is 18.4 Å². The molecule has 1 amide bonds. The molecule has 0 aliphatic rings. The minimum Gasteiger partial charge on any atom is -0.481 e. The Bertz CT molecular complexity index is 652. The normalized spacial score (nSPS) is 12.3. The Morgan fingerprint density at radius 2 is 2.24 bits per heavy atom. The summed E-state index contributed by atoms with van der Waals surface area (Å²) in [5.74, 6) is 1.50. The number of ether oxygens (including phenoxy) is 1. The molecule has 1 atom stereocenters. The highest BCUT2D eigenvalue weighted by molar-refractivity contribution is 6.30. The van der Waals surface area contributed by atoms with Gasteiger partial charge in [0.15, 0.2) is 6.10 Å². The molecule has 1 aromatic heterocycles. The minimum atomic E-state index is -0.695. The van der Waals surface area contributed by atoms with Crippen molar-refractivity contribution in [2.75, 3.05) is 0 Å². The number of amides is 1. The molecule has 0 spiro atoms. The number of carbonyl (C=O) groups excluding carboxylic acids is 1. The maximum Gasteiger partial charge on any atom is 0.280 e. The van der Waals surface area contributed by atoms with E-state index in [2.05, 4.69) is 10.5 Å². The van der Waals surface area contributed by atoms with Crippen LogP contribution in [0, 0.1) is 6.92 Å². The van der Waals surface area contributed by atoms with Crippen LogP contribution >= 0.6 is 11.6 Å². The van der Waals surface area contributed by atoms with E-state index in [1.165, 1.54) is 6.21 Å². The van der Waals surface area contributed by atoms with Crippen LogP contribution < -0.4 is 10.2 Å². The lowest BCUT2D eigenvalue weighted by molar-refractivity contribution is -0.127. The van der Waals surface area contributed by atoms with Gasteiger partial charge in [0.05, 0.1) is 6.21 Å². The molecule has 5 nitrogen and oxygen atoms in total. The molecule has 21 heavy (non-hydrogen) atoms. The van der Waals surface area contributed by atoms with Gasteiger partial charge in [-0.1, -0.05) is 17.7 Å². The third-order valence-electron chi connectivity index (χ3n) is 2.61. The third kappa shape index (κ3) is 4.65. The first-order chi connectivity index (χ1) is 10.0. The second-order valence-corrected chi connectivity index (χ2v) is 4.84. The summed E-state index contributed by atoms with van der Waals surface area (Å²) in [6, 6.07) is 10.4. The molecule has 6 heteroatoms. The van der Waals surface area contributed by atoms with Gasteiger partial charge in [0, 0.05) is 5.02 Å². The first-order valence-electron chi connectivity index (χ1n) is 6.36. The molecule has 0 aliphatic heterocycles. The predicted octanol–water partition coefficient (Wildman–Crippen LogP) is 3.16. The summed E-state index contributed by atoms with van der Waals surface area (Å²) in [5.41, 5.74) is 2.39. The van der Waals surface area contributed by atoms with Gasteiger partial charge < -0.3 is 9.15 Å². The Hall–Kier alpha value is -2.27. The van der Waals surface area contributed by atoms with Gasteiger partial charge in [-0.2, -0.15) is 5.10 Å². The van der Waals surface area contributed by atoms with E-state index in [1.807, 2.05) is 13.0 Å². The second-order valence-electron chi connectivity index (χ2n) is 4.40. The van der Waals surface area contributed by atoms with Crippen molar-refractivity contribution in [1.29, 1.82) is 0 Å². The molecule has 0 aliphatic carbocycles. The Morgan fingerprint density at radius 3 is 2.90 bits per heavy atom. The van der Waals surface area contributed by atoms with Crippen LogP contribution in [0.25, 0.3) is 0 Å². The number of benzene rings is 1. The number of hydrogen-bond acceptors (Lipinski definition) is 4. The summed E-state index contributed by atoms with van der Waals surface area (Å²) in [4.78, 5) is 11.8. The molecule has 0 saturated heterocycles. The third-order valence-corrected chi connectivity index (χ3v) is 2.84. The van der Waals surface area contributed by atoms with Crippen LogP contribution in [0.15, 0.2) is 45.9 Å². The maximum atomic E-state index is 11.8. The van der Waals surface area contributed by atoms with Crippen LogP contribution in [0.2, 0.25) is 5.02 Å². The zero-order chi connectivity index (χ0) is 15.2. The van der Waals surface area contributed by atoms with Gasteiger partial charge in [0.25, 0.3) is 5.91 Å². The van der Waals surface area contributed by atoms with E-state index in [0.717, 1.165) is 5.76 Å². The van der Waals surface area contributed by atoms with Gasteiger partial charge in [-0.25, -0.2) is 5.43 Å². The number of hydrogen-bond donors (Lipinski definition) is 1. The van der Waals surface area contributed by atoms with Gasteiger partial charge in [-0.05, 0) is 44.2 Å². The molecule has 0 saturated carbocycles. The average Bonchev–Trinajstić information content (AvgIpc) is 2.84. The SMILES string of the molecule is Cc1ccc(C=NNC(=O)C(C)Oc2cccc(Cl)c2)o1. The van der Waals surface area contributed by atoms with E-state index in [9.17, 15) is 4.79 Å². The van der Waals surface area contributed by atoms with E-state index in [0.29, 0.717) is 16.5 Å². The fourth-order valence-electron chi connectivity index (χ4n) is 1.57. The van der Waals surface area contributed by atoms with Gasteiger partial charge in [-0.15, -0.1) is 0 Å². The van der Waals surface area contributed by atoms with Crippen LogP contribution in [0.3, 0.4) is 0 Å². The van der Waals surface area contributed by atoms with Gasteiger partial charge >= 0.3 is 0 Å². The average molecular weight is 307 g/mol. The number of nitrogens with one attached hydrogen (secondary N) is 1. The van der Waals surface area contributed by atoms with E-state index in [4.69, 9.17) is 20.8 Å². The monoisotopic (exact) mass is 306 g/mol. The first kappa shape index (κ1) is 15.1. The van der Waals surface area contributed by atoms with Gasteiger partial charge in [0.1, 0.15) is 17.3 Å². The topological polar surface area (TPSA) is 63.8 Å². The quantitative estimate of drug-likeness (QED) is 0.681. The summed E-state index contributed by atoms with van der Waals surface area (Å²) in [5, 5.41) is 4.36. The Kier molecular flexibility index (Phi) is 5.00. The molecular formula is C15H15ClN2O3. The van der Waals surface area contributed by atoms with Crippen molar-refractivity contribution in [3.8, 4) is 5.75 Å². The smallest absolute Gasteiger partial charge is 0.280 e. The van der Waals surface area contributed by atoms with Crippen molar-refractivity contribution in [2.24, 2.45) is 5.10 Å². The minimum absolute atomic E-state index is 0.366. The zero-order valence-electron chi connectivity index (χ0n) is 11.7. The Morgan fingerprint density at radius 1 is 1.43 bits per heavy atom. The lowest BCUT2D eigenvalue weighted by Gasteiger charge is -2.12. The number of carbonyl (C=O) groups is 1. The van der Waals surface area contributed by atoms with Gasteiger partial charge in [0.2, 0.25) is 0 Å². The summed E-state index contributed by atoms with van der Waals surface area (Å²) in [6.07, 6.45) is 0.732. The Balaban J connectivity index is 1.86. The van der Waals surface area contributed by atoms with Gasteiger partial charge in [-0.3, -0.25) is 4.79 Å². The molecule has 0 fully saturated rings. The number of aryl methyl sites for hydroxylation is 1. The molecule has 1 unspecified atom stereocenters. The number of furan rings is 1. The molecule has 110 valence electrons. The van der Waals surface area contributed by atoms with Crippen molar-refractivity contribution >= 4 is 23.7 Å². The van der Waals surface area contributed by atoms with Crippen molar-refractivity contribution in [3.63, 3.8) is 0 Å². The summed E-state index contributed by atoms with van der Waals surface area (Å²) in [6.45, 7) is 3.46. The van der Waals surface area contributed by atoms with Crippen molar-refractivity contribution < 1.29 is 13.9 Å². The second kappa shape index (κ2) is 6.95. The van der Waals surface area contributed by atoms with Crippen LogP contribution in [-0.4, -0.2) is 18.2 Å². The summed E-state index contributed by atoms with van der Waals surface area (Å²) >= 11 is 5.85. The fraction of sp³-hybridized carbons (Fsp3) is 0.200. The molecule has 1 N–H and O–H groups in total. The predicted molar refractivity (Wildman–Crippen MR) is 80.7 cm³/mol. The van der Waals surface area contributed by atoms with Crippen LogP contribution in [0.5, 0.6) is 5.75 Å². The van der Waals surface area contributed by atoms with Crippen LogP contribution in [-0.2, 0) is 4.79 Å². The molecule has 0 radical (unpaired) electrons. The molecule has 2 rings (SSSR count). The number of nitrogens with zero attached hydrogens (tertiary/aromatic N) is 1. The zero-order valence-corrected chi connectivity index (χ0v) is 12.4. The molecular weight excluding hydrogens is 292 g/mol. The van der Waals surface area contributed by atoms with Crippen molar-refractivity contribution in [3.05, 3.63) is 52.9 Å². The van der Waals surface area contributed by atoms with Crippen molar-refractivity contribution in [2.45, 2.75) is 20.0 Å². The fourth-order valence-corrected chi connectivity index (χ4v) is 1.75. The highest BCUT2D eigenvalue weighted by Crippen LogP contribution is 2.18. The molecule has 1 heterocycles. The Labute approximate surface area is 127 Å². The lowest BCUT2D eigenvalue weighted by atomic mass is 10.3. The van der Waals surface area contributed by atoms with Crippen molar-refractivity contribution in [1.82, 2.24) is 5.43 Å². The van der Waals surface area contributed by atoms with E-state index < -0.39 is 6.10 Å². The van der Waals surface area contributed by atoms with E-state index in [-0.39, 0.29) is 5.91 Å². The molecule has 2 aromatic rings. The number of halogens is 1. The summed E-state index contributed by atoms with van der Waals surface area (Å²) < 4.78 is 10.8. The number of rotatable bonds is 5. The maximum absolute atomic E-state index is 11.8. The highest BCUT2D eigenvalue weighted by atomic mass is 35.5. The lowest BCUT2D eigenvalue weighted by Crippen LogP contribution is -2.33. The standard InChI is InChI=1S/C15H15ClN2O3/c1-10-6-7-14(20-10)9-17-18-15(19)11(2)21-13-5-3-4-12(16)8-13/h3-9,11H,1-2H3,(H,18,19). The largest absolute Gasteiger partial charge is 0.481 e. The molecule has 1 aromatic carbocycles. The van der Waals surface area contributed by atoms with E-state index >= 15 is 0 Å². The first-order valence-corrected chi connectivity index (χ1v) is 6.74. The molecule has 0 bridgehead atoms. The highest BCUT2D eigenvalue weighted by Gasteiger charge is 2.13. The summed E-state index contributed by atoms with van der Waals surface area (Å²) in [7, 11) is 0.